The summed E-state index contributed by atoms with van der Waals surface area (Å²) in [5.74, 6) is 2.45. The zero-order chi connectivity index (χ0) is 47.7. The molecule has 6 aromatic carbocycles. The van der Waals surface area contributed by atoms with Crippen molar-refractivity contribution in [1.82, 2.24) is 9.55 Å². The minimum atomic E-state index is -0.377. The summed E-state index contributed by atoms with van der Waals surface area (Å²) in [5, 5.41) is 2.38. The van der Waals surface area contributed by atoms with Crippen molar-refractivity contribution < 1.29 is 4.74 Å². The Balaban J connectivity index is 1.18. The number of aromatic nitrogens is 2. The van der Waals surface area contributed by atoms with Crippen molar-refractivity contribution in [3.05, 3.63) is 203 Å². The zero-order valence-electron chi connectivity index (χ0n) is 42.0. The SMILES string of the molecule is CC(C)(C)c1cc(Oc2cc(C(C)(C)c3ccccc3)c3c4ccccc4n(-c4cc(C(C)(C)c5ccccc5)ccn4)c3c2)cc(N2C=CN(c3cc(C(C)(C)C)cc(C(C)(C)C)c3)C2)c1. The predicted molar refractivity (Wildman–Crippen MR) is 284 cm³/mol. The average Bonchev–Trinajstić information content (AvgIpc) is 3.92. The van der Waals surface area contributed by atoms with Crippen LogP contribution in [0.5, 0.6) is 11.5 Å². The number of ether oxygens (including phenoxy) is 1. The molecule has 0 radical (unpaired) electrons. The van der Waals surface area contributed by atoms with Crippen LogP contribution in [0.25, 0.3) is 27.6 Å². The van der Waals surface area contributed by atoms with Crippen molar-refractivity contribution in [2.75, 3.05) is 16.5 Å². The van der Waals surface area contributed by atoms with Crippen LogP contribution in [0.1, 0.15) is 129 Å². The number of nitrogens with zero attached hydrogens (tertiary/aromatic N) is 4. The molecule has 9 rings (SSSR count). The van der Waals surface area contributed by atoms with Gasteiger partial charge in [-0.15, -0.1) is 0 Å². The number of fused-ring (bicyclic) bond motifs is 3. The van der Waals surface area contributed by atoms with Crippen LogP contribution < -0.4 is 14.5 Å². The molecule has 3 heterocycles. The first-order valence-electron chi connectivity index (χ1n) is 24.0. The molecule has 0 atom stereocenters. The van der Waals surface area contributed by atoms with Crippen molar-refractivity contribution >= 4 is 33.2 Å². The molecular formula is C62H68N4O. The summed E-state index contributed by atoms with van der Waals surface area (Å²) < 4.78 is 9.58. The molecule has 2 aromatic heterocycles. The van der Waals surface area contributed by atoms with Crippen molar-refractivity contribution in [1.29, 1.82) is 0 Å². The van der Waals surface area contributed by atoms with Crippen molar-refractivity contribution in [3.8, 4) is 17.3 Å². The van der Waals surface area contributed by atoms with Gasteiger partial charge >= 0.3 is 0 Å². The standard InChI is InChI=1S/C62H68N4O/c1-58(2,3)45-32-46(59(4,5)6)34-48(33-45)64-30-31-65(41-64)49-35-47(60(7,8)9)36-50(38-49)67-51-39-53(62(12,13)43-24-18-15-19-25-43)57-52-26-20-21-27-54(52)66(55(57)40-51)56-37-44(28-29-63-56)61(10,11)42-22-16-14-17-23-42/h14-40H,41H2,1-13H3. The van der Waals surface area contributed by atoms with E-state index in [2.05, 4.69) is 262 Å². The summed E-state index contributed by atoms with van der Waals surface area (Å²) >= 11 is 0. The minimum absolute atomic E-state index is 0.0276. The highest BCUT2D eigenvalue weighted by Crippen LogP contribution is 2.46. The lowest BCUT2D eigenvalue weighted by Crippen LogP contribution is -2.26. The summed E-state index contributed by atoms with van der Waals surface area (Å²) in [7, 11) is 0. The first-order chi connectivity index (χ1) is 31.6. The van der Waals surface area contributed by atoms with Gasteiger partial charge in [-0.2, -0.15) is 0 Å². The molecule has 0 saturated heterocycles. The highest BCUT2D eigenvalue weighted by Gasteiger charge is 2.31. The van der Waals surface area contributed by atoms with E-state index >= 15 is 0 Å². The second-order valence-corrected chi connectivity index (χ2v) is 22.8. The molecular weight excluding hydrogens is 817 g/mol. The summed E-state index contributed by atoms with van der Waals surface area (Å²) in [6.45, 7) is 30.6. The fourth-order valence-corrected chi connectivity index (χ4v) is 9.61. The molecule has 0 saturated carbocycles. The summed E-state index contributed by atoms with van der Waals surface area (Å²) in [6, 6.07) is 53.2. The molecule has 1 aliphatic rings. The van der Waals surface area contributed by atoms with Crippen LogP contribution in [0.3, 0.4) is 0 Å². The normalized spacial score (nSPS) is 13.9. The van der Waals surface area contributed by atoms with Gasteiger partial charge in [0.25, 0.3) is 0 Å². The van der Waals surface area contributed by atoms with E-state index in [-0.39, 0.29) is 27.1 Å². The summed E-state index contributed by atoms with van der Waals surface area (Å²) in [6.07, 6.45) is 6.38. The molecule has 1 aliphatic heterocycles. The van der Waals surface area contributed by atoms with Gasteiger partial charge in [0.2, 0.25) is 0 Å². The maximum Gasteiger partial charge on any atom is 0.137 e. The van der Waals surface area contributed by atoms with E-state index in [0.29, 0.717) is 6.67 Å². The van der Waals surface area contributed by atoms with Crippen molar-refractivity contribution in [2.24, 2.45) is 0 Å². The minimum Gasteiger partial charge on any atom is -0.457 e. The smallest absolute Gasteiger partial charge is 0.137 e. The van der Waals surface area contributed by atoms with Gasteiger partial charge in [-0.1, -0.05) is 175 Å². The van der Waals surface area contributed by atoms with E-state index in [9.17, 15) is 0 Å². The van der Waals surface area contributed by atoms with Gasteiger partial charge < -0.3 is 14.5 Å². The number of para-hydroxylation sites is 1. The number of rotatable bonds is 9. The molecule has 0 amide bonds. The molecule has 0 unspecified atom stereocenters. The first-order valence-corrected chi connectivity index (χ1v) is 24.0. The van der Waals surface area contributed by atoms with Crippen LogP contribution >= 0.6 is 0 Å². The maximum atomic E-state index is 7.24. The fraction of sp³-hybridized carbons (Fsp3) is 0.306. The Hall–Kier alpha value is -6.59. The summed E-state index contributed by atoms with van der Waals surface area (Å²) in [4.78, 5) is 9.82. The Morgan fingerprint density at radius 1 is 0.433 bits per heavy atom. The Labute approximate surface area is 399 Å². The third kappa shape index (κ3) is 8.77. The van der Waals surface area contributed by atoms with Gasteiger partial charge in [-0.3, -0.25) is 4.57 Å². The van der Waals surface area contributed by atoms with E-state index in [1.165, 1.54) is 55.4 Å². The molecule has 0 bridgehead atoms. The van der Waals surface area contributed by atoms with E-state index in [4.69, 9.17) is 9.72 Å². The highest BCUT2D eigenvalue weighted by molar-refractivity contribution is 6.11. The van der Waals surface area contributed by atoms with Gasteiger partial charge in [-0.25, -0.2) is 4.98 Å². The number of hydrogen-bond acceptors (Lipinski definition) is 4. The van der Waals surface area contributed by atoms with Gasteiger partial charge in [0.1, 0.15) is 17.3 Å². The van der Waals surface area contributed by atoms with Crippen LogP contribution in [-0.4, -0.2) is 16.2 Å². The number of anilines is 2. The van der Waals surface area contributed by atoms with E-state index < -0.39 is 0 Å². The molecule has 0 N–H and O–H groups in total. The second kappa shape index (κ2) is 16.6. The number of pyridine rings is 1. The highest BCUT2D eigenvalue weighted by atomic mass is 16.5. The molecule has 0 spiro atoms. The van der Waals surface area contributed by atoms with Crippen molar-refractivity contribution in [2.45, 2.75) is 117 Å². The Morgan fingerprint density at radius 3 is 1.52 bits per heavy atom. The quantitative estimate of drug-likeness (QED) is 0.145. The van der Waals surface area contributed by atoms with Gasteiger partial charge in [-0.05, 0) is 104 Å². The molecule has 5 heteroatoms. The number of hydrogen-bond donors (Lipinski definition) is 0. The van der Waals surface area contributed by atoms with Gasteiger partial charge in [0, 0.05) is 63.7 Å². The molecule has 5 nitrogen and oxygen atoms in total. The molecule has 0 aliphatic carbocycles. The van der Waals surface area contributed by atoms with Crippen LogP contribution in [0, 0.1) is 0 Å². The molecule has 8 aromatic rings. The van der Waals surface area contributed by atoms with Gasteiger partial charge in [0.05, 0.1) is 17.7 Å². The molecule has 342 valence electrons. The van der Waals surface area contributed by atoms with Crippen LogP contribution in [0.4, 0.5) is 11.4 Å². The lowest BCUT2D eigenvalue weighted by Gasteiger charge is -2.29. The molecule has 67 heavy (non-hydrogen) atoms. The topological polar surface area (TPSA) is 33.5 Å². The Bertz CT molecular complexity index is 3100. The van der Waals surface area contributed by atoms with E-state index in [0.717, 1.165) is 34.0 Å². The largest absolute Gasteiger partial charge is 0.457 e. The lowest BCUT2D eigenvalue weighted by molar-refractivity contribution is 0.477. The first kappa shape index (κ1) is 45.6. The fourth-order valence-electron chi connectivity index (χ4n) is 9.61. The Morgan fingerprint density at radius 2 is 0.940 bits per heavy atom. The predicted octanol–water partition coefficient (Wildman–Crippen LogP) is 16.3. The van der Waals surface area contributed by atoms with Crippen LogP contribution in [0.2, 0.25) is 0 Å². The summed E-state index contributed by atoms with van der Waals surface area (Å²) in [5.41, 5.74) is 12.6. The second-order valence-electron chi connectivity index (χ2n) is 22.8. The van der Waals surface area contributed by atoms with Gasteiger partial charge in [0.15, 0.2) is 0 Å². The van der Waals surface area contributed by atoms with Crippen LogP contribution in [-0.2, 0) is 27.1 Å². The molecule has 0 fully saturated rings. The lowest BCUT2D eigenvalue weighted by atomic mass is 9.76. The average molecular weight is 885 g/mol. The van der Waals surface area contributed by atoms with E-state index in [1.807, 2.05) is 6.20 Å². The van der Waals surface area contributed by atoms with Crippen LogP contribution in [0.15, 0.2) is 164 Å². The van der Waals surface area contributed by atoms with Crippen molar-refractivity contribution in [3.63, 3.8) is 0 Å². The van der Waals surface area contributed by atoms with E-state index in [1.54, 1.807) is 0 Å². The monoisotopic (exact) mass is 885 g/mol. The third-order valence-corrected chi connectivity index (χ3v) is 14.1. The Kier molecular flexibility index (Phi) is 11.3. The zero-order valence-corrected chi connectivity index (χ0v) is 42.0. The third-order valence-electron chi connectivity index (χ3n) is 14.1. The number of benzene rings is 6. The maximum absolute atomic E-state index is 7.24.